The molecule has 7 rings (SSSR count). The summed E-state index contributed by atoms with van der Waals surface area (Å²) in [6.07, 6.45) is -9.11. The molecule has 228 valence electrons. The fraction of sp³-hybridized carbons (Fsp3) is 0.0556. The molecule has 0 heterocycles. The Labute approximate surface area is 255 Å². The van der Waals surface area contributed by atoms with Crippen LogP contribution in [0.1, 0.15) is 31.8 Å². The van der Waals surface area contributed by atoms with E-state index < -0.39 is 35.4 Å². The number of rotatable bonds is 4. The third-order valence-corrected chi connectivity index (χ3v) is 8.41. The number of halogens is 6. The van der Waals surface area contributed by atoms with Gasteiger partial charge in [0.25, 0.3) is 0 Å². The number of carbonyl (C=O) groups is 2. The minimum absolute atomic E-state index is 0.0706. The lowest BCUT2D eigenvalue weighted by Gasteiger charge is -2.20. The minimum atomic E-state index is -4.55. The van der Waals surface area contributed by atoms with E-state index in [0.29, 0.717) is 65.3 Å². The minimum Gasteiger partial charge on any atom is -0.478 e. The number of carboxylic acid groups (broad SMARTS) is 2. The maximum Gasteiger partial charge on any atom is 0.416 e. The van der Waals surface area contributed by atoms with Crippen LogP contribution in [-0.2, 0) is 12.4 Å². The Morgan fingerprint density at radius 2 is 0.717 bits per heavy atom. The van der Waals surface area contributed by atoms with Crippen molar-refractivity contribution in [1.82, 2.24) is 0 Å². The standard InChI is InChI=1S/C36H18F6O4/c37-35(38,39)19-5-1-17(2-6-19)21-9-11-23-26-14-16-28(34(45)46)30-22(18-3-7-20(8-4-18)36(40,41)42)10-12-24(32(26)30)25-13-15-27(33(43)44)29(21)31(23)25/h1-16H,(H,43,44)(H,45,46). The van der Waals surface area contributed by atoms with E-state index in [4.69, 9.17) is 0 Å². The second kappa shape index (κ2) is 9.93. The van der Waals surface area contributed by atoms with E-state index >= 15 is 0 Å². The highest BCUT2D eigenvalue weighted by Gasteiger charge is 2.31. The molecule has 0 aliphatic heterocycles. The Balaban J connectivity index is 1.59. The van der Waals surface area contributed by atoms with Gasteiger partial charge in [-0.25, -0.2) is 9.59 Å². The Morgan fingerprint density at radius 3 is 1.00 bits per heavy atom. The molecule has 7 aromatic rings. The molecular weight excluding hydrogens is 610 g/mol. The summed E-state index contributed by atoms with van der Waals surface area (Å²) in [5.74, 6) is -2.49. The summed E-state index contributed by atoms with van der Waals surface area (Å²) in [6.45, 7) is 0. The zero-order valence-electron chi connectivity index (χ0n) is 23.2. The third-order valence-electron chi connectivity index (χ3n) is 8.41. The van der Waals surface area contributed by atoms with Crippen LogP contribution in [-0.4, -0.2) is 22.2 Å². The average Bonchev–Trinajstić information content (AvgIpc) is 3.02. The number of hydrogen-bond acceptors (Lipinski definition) is 2. The van der Waals surface area contributed by atoms with Crippen molar-refractivity contribution >= 4 is 55.0 Å². The highest BCUT2D eigenvalue weighted by Crippen LogP contribution is 2.47. The zero-order chi connectivity index (χ0) is 32.7. The molecule has 0 aromatic heterocycles. The fourth-order valence-corrected chi connectivity index (χ4v) is 6.40. The van der Waals surface area contributed by atoms with Crippen LogP contribution in [0, 0.1) is 0 Å². The van der Waals surface area contributed by atoms with Gasteiger partial charge in [-0.15, -0.1) is 0 Å². The normalized spacial score (nSPS) is 12.5. The van der Waals surface area contributed by atoms with E-state index in [1.807, 2.05) is 0 Å². The topological polar surface area (TPSA) is 74.6 Å². The van der Waals surface area contributed by atoms with Gasteiger partial charge in [0.1, 0.15) is 0 Å². The predicted molar refractivity (Wildman–Crippen MR) is 162 cm³/mol. The van der Waals surface area contributed by atoms with Gasteiger partial charge in [-0.3, -0.25) is 0 Å². The number of fused-ring (bicyclic) bond motifs is 2. The number of alkyl halides is 6. The first-order chi connectivity index (χ1) is 21.8. The van der Waals surface area contributed by atoms with Crippen molar-refractivity contribution in [2.75, 3.05) is 0 Å². The highest BCUT2D eigenvalue weighted by molar-refractivity contribution is 6.37. The fourth-order valence-electron chi connectivity index (χ4n) is 6.40. The summed E-state index contributed by atoms with van der Waals surface area (Å²) < 4.78 is 79.6. The van der Waals surface area contributed by atoms with Gasteiger partial charge >= 0.3 is 24.3 Å². The molecule has 0 bridgehead atoms. The van der Waals surface area contributed by atoms with Crippen LogP contribution in [0.15, 0.2) is 97.1 Å². The number of aromatic carboxylic acids is 2. The van der Waals surface area contributed by atoms with Crippen molar-refractivity contribution in [2.24, 2.45) is 0 Å². The van der Waals surface area contributed by atoms with Crippen molar-refractivity contribution < 1.29 is 46.1 Å². The van der Waals surface area contributed by atoms with Crippen molar-refractivity contribution in [1.29, 1.82) is 0 Å². The van der Waals surface area contributed by atoms with Gasteiger partial charge in [-0.05, 0) is 91.0 Å². The molecule has 0 spiro atoms. The lowest BCUT2D eigenvalue weighted by Crippen LogP contribution is -2.04. The highest BCUT2D eigenvalue weighted by atomic mass is 19.4. The monoisotopic (exact) mass is 628 g/mol. The van der Waals surface area contributed by atoms with Gasteiger partial charge in [-0.1, -0.05) is 60.7 Å². The predicted octanol–water partition coefficient (Wildman–Crippen LogP) is 10.5. The van der Waals surface area contributed by atoms with Crippen molar-refractivity contribution in [2.45, 2.75) is 12.4 Å². The molecule has 2 N–H and O–H groups in total. The van der Waals surface area contributed by atoms with Crippen LogP contribution in [0.3, 0.4) is 0 Å². The van der Waals surface area contributed by atoms with Gasteiger partial charge in [0.05, 0.1) is 22.3 Å². The van der Waals surface area contributed by atoms with Gasteiger partial charge in [0.15, 0.2) is 0 Å². The van der Waals surface area contributed by atoms with E-state index in [0.717, 1.165) is 24.3 Å². The van der Waals surface area contributed by atoms with Crippen LogP contribution in [0.5, 0.6) is 0 Å². The Bertz CT molecular complexity index is 2180. The first kappa shape index (κ1) is 29.1. The summed E-state index contributed by atoms with van der Waals surface area (Å²) in [7, 11) is 0. The molecule has 0 amide bonds. The molecule has 0 saturated carbocycles. The SMILES string of the molecule is O=C(O)c1ccc2c3ccc(-c4ccc(C(F)(F)F)cc4)c4c(C(=O)O)ccc(c5ccc(-c6ccc(C(F)(F)F)cc6)c1c25)c43. The molecule has 10 heteroatoms. The second-order valence-corrected chi connectivity index (χ2v) is 10.9. The Morgan fingerprint density at radius 1 is 0.413 bits per heavy atom. The number of carboxylic acids is 2. The quantitative estimate of drug-likeness (QED) is 0.116. The van der Waals surface area contributed by atoms with Gasteiger partial charge < -0.3 is 10.2 Å². The molecule has 0 aliphatic carbocycles. The molecule has 0 unspecified atom stereocenters. The van der Waals surface area contributed by atoms with E-state index in [9.17, 15) is 46.1 Å². The van der Waals surface area contributed by atoms with Gasteiger partial charge in [-0.2, -0.15) is 26.3 Å². The van der Waals surface area contributed by atoms with Gasteiger partial charge in [0, 0.05) is 10.8 Å². The molecule has 46 heavy (non-hydrogen) atoms. The van der Waals surface area contributed by atoms with E-state index in [2.05, 4.69) is 0 Å². The van der Waals surface area contributed by atoms with Crippen molar-refractivity contribution in [3.63, 3.8) is 0 Å². The van der Waals surface area contributed by atoms with E-state index in [1.165, 1.54) is 36.4 Å². The van der Waals surface area contributed by atoms with Crippen molar-refractivity contribution in [3.05, 3.63) is 119 Å². The lowest BCUT2D eigenvalue weighted by atomic mass is 9.82. The molecule has 0 aliphatic rings. The lowest BCUT2D eigenvalue weighted by molar-refractivity contribution is -0.138. The van der Waals surface area contributed by atoms with E-state index in [-0.39, 0.29) is 11.1 Å². The summed E-state index contributed by atoms with van der Waals surface area (Å²) in [6, 6.07) is 21.5. The average molecular weight is 629 g/mol. The van der Waals surface area contributed by atoms with Crippen LogP contribution in [0.25, 0.3) is 65.3 Å². The Kier molecular flexibility index (Phi) is 6.28. The second-order valence-electron chi connectivity index (χ2n) is 10.9. The first-order valence-corrected chi connectivity index (χ1v) is 13.8. The van der Waals surface area contributed by atoms with Crippen LogP contribution in [0.2, 0.25) is 0 Å². The van der Waals surface area contributed by atoms with Crippen molar-refractivity contribution in [3.8, 4) is 22.3 Å². The summed E-state index contributed by atoms with van der Waals surface area (Å²) >= 11 is 0. The number of hydrogen-bond donors (Lipinski definition) is 2. The molecule has 0 radical (unpaired) electrons. The van der Waals surface area contributed by atoms with E-state index in [1.54, 1.807) is 36.4 Å². The maximum absolute atomic E-state index is 13.3. The largest absolute Gasteiger partial charge is 0.478 e. The van der Waals surface area contributed by atoms with Crippen LogP contribution in [0.4, 0.5) is 26.3 Å². The third kappa shape index (κ3) is 4.40. The maximum atomic E-state index is 13.3. The molecule has 0 saturated heterocycles. The van der Waals surface area contributed by atoms with Crippen LogP contribution < -0.4 is 0 Å². The molecule has 4 nitrogen and oxygen atoms in total. The molecule has 7 aromatic carbocycles. The first-order valence-electron chi connectivity index (χ1n) is 13.8. The summed E-state index contributed by atoms with van der Waals surface area (Å²) in [4.78, 5) is 24.9. The molecule has 0 fully saturated rings. The van der Waals surface area contributed by atoms with Crippen LogP contribution >= 0.6 is 0 Å². The molecule has 0 atom stereocenters. The van der Waals surface area contributed by atoms with Gasteiger partial charge in [0.2, 0.25) is 0 Å². The number of benzene rings is 7. The summed E-state index contributed by atoms with van der Waals surface area (Å²) in [5.41, 5.74) is -0.308. The Hall–Kier alpha value is -5.64. The summed E-state index contributed by atoms with van der Waals surface area (Å²) in [5, 5.41) is 24.3. The smallest absolute Gasteiger partial charge is 0.416 e. The zero-order valence-corrected chi connectivity index (χ0v) is 23.2. The molecular formula is C36H18F6O4.